The summed E-state index contributed by atoms with van der Waals surface area (Å²) in [4.78, 5) is 39.5. The SMILES string of the molecule is CCOC(=O)C(C=Nc1cccc(C(=O)NC)c1Cl)C(=O)OCC. The Balaban J connectivity index is 3.11. The third-order valence-electron chi connectivity index (χ3n) is 2.89. The van der Waals surface area contributed by atoms with Crippen LogP contribution in [0.15, 0.2) is 23.2 Å². The number of nitrogens with one attached hydrogen (secondary N) is 1. The Labute approximate surface area is 145 Å². The van der Waals surface area contributed by atoms with Gasteiger partial charge in [-0.25, -0.2) is 0 Å². The molecule has 0 aliphatic heterocycles. The zero-order valence-electron chi connectivity index (χ0n) is 13.7. The Morgan fingerprint density at radius 3 is 2.29 bits per heavy atom. The van der Waals surface area contributed by atoms with E-state index in [0.29, 0.717) is 0 Å². The molecule has 0 atom stereocenters. The predicted octanol–water partition coefficient (Wildman–Crippen LogP) is 2.14. The van der Waals surface area contributed by atoms with Crippen molar-refractivity contribution in [3.05, 3.63) is 28.8 Å². The number of benzene rings is 1. The number of hydrogen-bond donors (Lipinski definition) is 1. The van der Waals surface area contributed by atoms with E-state index in [2.05, 4.69) is 10.3 Å². The Kier molecular flexibility index (Phi) is 7.91. The van der Waals surface area contributed by atoms with Gasteiger partial charge in [0.1, 0.15) is 0 Å². The summed E-state index contributed by atoms with van der Waals surface area (Å²) in [6, 6.07) is 4.68. The van der Waals surface area contributed by atoms with Gasteiger partial charge >= 0.3 is 11.9 Å². The summed E-state index contributed by atoms with van der Waals surface area (Å²) in [5.74, 6) is -3.20. The highest BCUT2D eigenvalue weighted by molar-refractivity contribution is 6.36. The maximum atomic E-state index is 11.9. The van der Waals surface area contributed by atoms with Crippen LogP contribution in [0.1, 0.15) is 24.2 Å². The van der Waals surface area contributed by atoms with Crippen LogP contribution in [0.25, 0.3) is 0 Å². The van der Waals surface area contributed by atoms with E-state index >= 15 is 0 Å². The summed E-state index contributed by atoms with van der Waals surface area (Å²) < 4.78 is 9.68. The number of nitrogens with zero attached hydrogens (tertiary/aromatic N) is 1. The lowest BCUT2D eigenvalue weighted by Gasteiger charge is -2.10. The Morgan fingerprint density at radius 1 is 1.21 bits per heavy atom. The zero-order chi connectivity index (χ0) is 18.1. The molecule has 1 rings (SSSR count). The maximum absolute atomic E-state index is 11.9. The number of esters is 2. The molecule has 0 radical (unpaired) electrons. The molecule has 0 aromatic heterocycles. The van der Waals surface area contributed by atoms with Gasteiger partial charge in [-0.05, 0) is 26.0 Å². The smallest absolute Gasteiger partial charge is 0.325 e. The highest BCUT2D eigenvalue weighted by atomic mass is 35.5. The number of ether oxygens (including phenoxy) is 2. The van der Waals surface area contributed by atoms with Crippen LogP contribution in [0, 0.1) is 5.92 Å². The van der Waals surface area contributed by atoms with Gasteiger partial charge in [-0.2, -0.15) is 0 Å². The van der Waals surface area contributed by atoms with E-state index in [0.717, 1.165) is 6.21 Å². The molecular weight excluding hydrogens is 336 g/mol. The molecular formula is C16H19ClN2O5. The molecule has 1 N–H and O–H groups in total. The van der Waals surface area contributed by atoms with Crippen LogP contribution in [0.5, 0.6) is 0 Å². The fraction of sp³-hybridized carbons (Fsp3) is 0.375. The average Bonchev–Trinajstić information content (AvgIpc) is 2.56. The first-order valence-corrected chi connectivity index (χ1v) is 7.72. The lowest BCUT2D eigenvalue weighted by Crippen LogP contribution is -2.29. The number of amides is 1. The van der Waals surface area contributed by atoms with Crippen LogP contribution >= 0.6 is 11.6 Å². The van der Waals surface area contributed by atoms with E-state index in [1.54, 1.807) is 26.0 Å². The van der Waals surface area contributed by atoms with Gasteiger partial charge in [0.15, 0.2) is 5.92 Å². The molecule has 0 saturated heterocycles. The number of carbonyl (C=O) groups excluding carboxylic acids is 3. The predicted molar refractivity (Wildman–Crippen MR) is 89.8 cm³/mol. The second kappa shape index (κ2) is 9.67. The van der Waals surface area contributed by atoms with Gasteiger partial charge in [-0.3, -0.25) is 19.4 Å². The minimum atomic E-state index is -1.30. The fourth-order valence-electron chi connectivity index (χ4n) is 1.77. The lowest BCUT2D eigenvalue weighted by molar-refractivity contribution is -0.157. The first-order valence-electron chi connectivity index (χ1n) is 7.34. The molecule has 0 unspecified atom stereocenters. The van der Waals surface area contributed by atoms with E-state index in [9.17, 15) is 14.4 Å². The molecule has 0 spiro atoms. The fourth-order valence-corrected chi connectivity index (χ4v) is 2.03. The van der Waals surface area contributed by atoms with E-state index < -0.39 is 17.9 Å². The second-order valence-corrected chi connectivity index (χ2v) is 4.86. The third kappa shape index (κ3) is 5.06. The maximum Gasteiger partial charge on any atom is 0.325 e. The van der Waals surface area contributed by atoms with Gasteiger partial charge < -0.3 is 14.8 Å². The molecule has 1 aromatic carbocycles. The normalized spacial score (nSPS) is 10.7. The molecule has 0 bridgehead atoms. The first kappa shape index (κ1) is 19.6. The molecule has 8 heteroatoms. The van der Waals surface area contributed by atoms with Crippen molar-refractivity contribution >= 4 is 41.3 Å². The van der Waals surface area contributed by atoms with Gasteiger partial charge in [-0.1, -0.05) is 17.7 Å². The van der Waals surface area contributed by atoms with Gasteiger partial charge in [0.2, 0.25) is 0 Å². The van der Waals surface area contributed by atoms with Gasteiger partial charge in [0.25, 0.3) is 5.91 Å². The number of rotatable bonds is 7. The Morgan fingerprint density at radius 2 is 1.79 bits per heavy atom. The van der Waals surface area contributed by atoms with E-state index in [1.807, 2.05) is 0 Å². The molecule has 0 aliphatic rings. The molecule has 0 fully saturated rings. The van der Waals surface area contributed by atoms with Crippen LogP contribution in [0.2, 0.25) is 5.02 Å². The van der Waals surface area contributed by atoms with Crippen LogP contribution < -0.4 is 5.32 Å². The van der Waals surface area contributed by atoms with Crippen LogP contribution in [-0.2, 0) is 19.1 Å². The highest BCUT2D eigenvalue weighted by Gasteiger charge is 2.27. The van der Waals surface area contributed by atoms with Crippen molar-refractivity contribution in [2.24, 2.45) is 10.9 Å². The Hall–Kier alpha value is -2.41. The molecule has 0 heterocycles. The van der Waals surface area contributed by atoms with Crippen LogP contribution in [-0.4, -0.2) is 44.3 Å². The van der Waals surface area contributed by atoms with Crippen molar-refractivity contribution in [2.45, 2.75) is 13.8 Å². The summed E-state index contributed by atoms with van der Waals surface area (Å²) in [5, 5.41) is 2.57. The van der Waals surface area contributed by atoms with Crippen molar-refractivity contribution < 1.29 is 23.9 Å². The van der Waals surface area contributed by atoms with Crippen molar-refractivity contribution in [1.29, 1.82) is 0 Å². The first-order chi connectivity index (χ1) is 11.5. The van der Waals surface area contributed by atoms with Gasteiger partial charge in [0, 0.05) is 13.3 Å². The molecule has 0 saturated carbocycles. The molecule has 24 heavy (non-hydrogen) atoms. The quantitative estimate of drug-likeness (QED) is 0.460. The van der Waals surface area contributed by atoms with Gasteiger partial charge in [0.05, 0.1) is 29.5 Å². The van der Waals surface area contributed by atoms with Crippen molar-refractivity contribution in [3.63, 3.8) is 0 Å². The topological polar surface area (TPSA) is 94.1 Å². The van der Waals surface area contributed by atoms with Crippen molar-refractivity contribution in [1.82, 2.24) is 5.32 Å². The minimum absolute atomic E-state index is 0.111. The number of hydrogen-bond acceptors (Lipinski definition) is 6. The molecule has 0 aliphatic carbocycles. The summed E-state index contributed by atoms with van der Waals surface area (Å²) in [7, 11) is 1.48. The zero-order valence-corrected chi connectivity index (χ0v) is 14.4. The highest BCUT2D eigenvalue weighted by Crippen LogP contribution is 2.28. The van der Waals surface area contributed by atoms with E-state index in [-0.39, 0.29) is 35.4 Å². The monoisotopic (exact) mass is 354 g/mol. The number of aliphatic imine (C=N–C) groups is 1. The molecule has 130 valence electrons. The van der Waals surface area contributed by atoms with Crippen molar-refractivity contribution in [3.8, 4) is 0 Å². The van der Waals surface area contributed by atoms with Crippen LogP contribution in [0.4, 0.5) is 5.69 Å². The second-order valence-electron chi connectivity index (χ2n) is 4.48. The molecule has 7 nitrogen and oxygen atoms in total. The summed E-state index contributed by atoms with van der Waals surface area (Å²) in [6.07, 6.45) is 1.10. The minimum Gasteiger partial charge on any atom is -0.465 e. The molecule has 1 aromatic rings. The largest absolute Gasteiger partial charge is 0.465 e. The lowest BCUT2D eigenvalue weighted by atomic mass is 10.1. The number of halogens is 1. The van der Waals surface area contributed by atoms with Crippen LogP contribution in [0.3, 0.4) is 0 Å². The van der Waals surface area contributed by atoms with Crippen molar-refractivity contribution in [2.75, 3.05) is 20.3 Å². The number of carbonyl (C=O) groups is 3. The summed E-state index contributed by atoms with van der Waals surface area (Å²) in [5.41, 5.74) is 0.481. The van der Waals surface area contributed by atoms with E-state index in [1.165, 1.54) is 13.1 Å². The summed E-state index contributed by atoms with van der Waals surface area (Å²) >= 11 is 6.14. The standard InChI is InChI=1S/C16H19ClN2O5/c1-4-23-15(21)11(16(22)24-5-2)9-19-12-8-6-7-10(13(12)17)14(20)18-3/h6-9,11H,4-5H2,1-3H3,(H,18,20). The molecule has 1 amide bonds. The third-order valence-corrected chi connectivity index (χ3v) is 3.29. The summed E-state index contributed by atoms with van der Waals surface area (Å²) in [6.45, 7) is 3.49. The average molecular weight is 355 g/mol. The Bertz CT molecular complexity index is 627. The van der Waals surface area contributed by atoms with E-state index in [4.69, 9.17) is 21.1 Å². The van der Waals surface area contributed by atoms with Gasteiger partial charge in [-0.15, -0.1) is 0 Å².